The van der Waals surface area contributed by atoms with E-state index in [9.17, 15) is 0 Å². The summed E-state index contributed by atoms with van der Waals surface area (Å²) in [5, 5.41) is 0. The Balaban J connectivity index is 1.64. The van der Waals surface area contributed by atoms with Crippen LogP contribution in [-0.4, -0.2) is 59.8 Å². The highest BCUT2D eigenvalue weighted by atomic mass is 16.5. The van der Waals surface area contributed by atoms with Crippen LogP contribution in [0.2, 0.25) is 0 Å². The van der Waals surface area contributed by atoms with Gasteiger partial charge in [-0.25, -0.2) is 0 Å². The zero-order chi connectivity index (χ0) is 15.0. The first-order valence-corrected chi connectivity index (χ1v) is 8.29. The zero-order valence-corrected chi connectivity index (χ0v) is 14.4. The molecule has 0 aromatic heterocycles. The van der Waals surface area contributed by atoms with E-state index in [4.69, 9.17) is 4.74 Å². The molecule has 0 aromatic rings. The summed E-state index contributed by atoms with van der Waals surface area (Å²) in [6.45, 7) is 19.7. The van der Waals surface area contributed by atoms with Gasteiger partial charge in [0, 0.05) is 38.3 Å². The van der Waals surface area contributed by atoms with Crippen molar-refractivity contribution in [3.8, 4) is 0 Å². The number of nitrogens with zero attached hydrogens (tertiary/aromatic N) is 2. The zero-order valence-electron chi connectivity index (χ0n) is 14.4. The maximum Gasteiger partial charge on any atom is 0.0606 e. The lowest BCUT2D eigenvalue weighted by Crippen LogP contribution is -2.59. The minimum absolute atomic E-state index is 0.00796. The van der Waals surface area contributed by atoms with Gasteiger partial charge in [-0.15, -0.1) is 0 Å². The van der Waals surface area contributed by atoms with Crippen LogP contribution >= 0.6 is 0 Å². The number of ether oxygens (including phenoxy) is 1. The van der Waals surface area contributed by atoms with Crippen LogP contribution in [0.1, 0.15) is 54.4 Å². The Bertz CT molecular complexity index is 302. The number of rotatable bonds is 3. The van der Waals surface area contributed by atoms with Crippen molar-refractivity contribution < 1.29 is 4.74 Å². The highest BCUT2D eigenvalue weighted by molar-refractivity contribution is 4.90. The summed E-state index contributed by atoms with van der Waals surface area (Å²) in [5.41, 5.74) is 0.359. The Hall–Kier alpha value is -0.120. The third-order valence-corrected chi connectivity index (χ3v) is 4.48. The fourth-order valence-corrected chi connectivity index (χ4v) is 3.31. The molecule has 3 nitrogen and oxygen atoms in total. The van der Waals surface area contributed by atoms with Gasteiger partial charge in [0.05, 0.1) is 11.7 Å². The minimum Gasteiger partial charge on any atom is -0.373 e. The maximum absolute atomic E-state index is 6.10. The number of piperidine rings is 1. The van der Waals surface area contributed by atoms with Crippen LogP contribution in [0.5, 0.6) is 0 Å². The predicted octanol–water partition coefficient (Wildman–Crippen LogP) is 3.00. The number of hydrogen-bond acceptors (Lipinski definition) is 3. The fraction of sp³-hybridized carbons (Fsp3) is 1.00. The van der Waals surface area contributed by atoms with Crippen LogP contribution in [0.25, 0.3) is 0 Å². The predicted molar refractivity (Wildman–Crippen MR) is 85.1 cm³/mol. The molecule has 2 fully saturated rings. The summed E-state index contributed by atoms with van der Waals surface area (Å²) in [6.07, 6.45) is 2.87. The van der Waals surface area contributed by atoms with Crippen LogP contribution in [0, 0.1) is 5.92 Å². The average molecular weight is 282 g/mol. The molecular weight excluding hydrogens is 248 g/mol. The van der Waals surface area contributed by atoms with Crippen molar-refractivity contribution in [1.82, 2.24) is 9.80 Å². The van der Waals surface area contributed by atoms with Gasteiger partial charge >= 0.3 is 0 Å². The van der Waals surface area contributed by atoms with Gasteiger partial charge in [-0.05, 0) is 60.3 Å². The van der Waals surface area contributed by atoms with Crippen LogP contribution in [0.4, 0.5) is 0 Å². The molecule has 0 amide bonds. The van der Waals surface area contributed by atoms with Crippen LogP contribution < -0.4 is 0 Å². The van der Waals surface area contributed by atoms with Crippen LogP contribution in [-0.2, 0) is 4.74 Å². The van der Waals surface area contributed by atoms with Crippen molar-refractivity contribution in [2.75, 3.05) is 32.7 Å². The highest BCUT2D eigenvalue weighted by Crippen LogP contribution is 2.27. The van der Waals surface area contributed by atoms with Gasteiger partial charge in [-0.1, -0.05) is 0 Å². The molecule has 0 saturated carbocycles. The Morgan fingerprint density at radius 1 is 0.950 bits per heavy atom. The Morgan fingerprint density at radius 2 is 1.50 bits per heavy atom. The van der Waals surface area contributed by atoms with Gasteiger partial charge in [0.2, 0.25) is 0 Å². The molecule has 3 heteroatoms. The SMILES string of the molecule is CC(C)(C)OC1CCN(CC2CN(C(C)(C)C)C2)CC1. The average Bonchev–Trinajstić information content (AvgIpc) is 2.21. The van der Waals surface area contributed by atoms with E-state index in [1.165, 1.54) is 45.6 Å². The third kappa shape index (κ3) is 4.71. The lowest BCUT2D eigenvalue weighted by molar-refractivity contribution is -0.0862. The van der Waals surface area contributed by atoms with Gasteiger partial charge < -0.3 is 9.64 Å². The summed E-state index contributed by atoms with van der Waals surface area (Å²) < 4.78 is 6.10. The number of likely N-dealkylation sites (tertiary alicyclic amines) is 2. The van der Waals surface area contributed by atoms with Gasteiger partial charge in [0.25, 0.3) is 0 Å². The minimum atomic E-state index is 0.00796. The fourth-order valence-electron chi connectivity index (χ4n) is 3.31. The summed E-state index contributed by atoms with van der Waals surface area (Å²) in [5.74, 6) is 0.884. The van der Waals surface area contributed by atoms with E-state index in [0.717, 1.165) is 5.92 Å². The molecule has 2 heterocycles. The molecular formula is C17H34N2O. The van der Waals surface area contributed by atoms with E-state index < -0.39 is 0 Å². The molecule has 0 atom stereocenters. The first-order chi connectivity index (χ1) is 9.13. The van der Waals surface area contributed by atoms with E-state index in [0.29, 0.717) is 11.6 Å². The number of hydrogen-bond donors (Lipinski definition) is 0. The summed E-state index contributed by atoms with van der Waals surface area (Å²) in [4.78, 5) is 5.24. The van der Waals surface area contributed by atoms with Crippen LogP contribution in [0.3, 0.4) is 0 Å². The molecule has 2 aliphatic rings. The van der Waals surface area contributed by atoms with Gasteiger partial charge in [0.15, 0.2) is 0 Å². The molecule has 0 bridgehead atoms. The largest absolute Gasteiger partial charge is 0.373 e. The van der Waals surface area contributed by atoms with E-state index in [-0.39, 0.29) is 5.60 Å². The first-order valence-electron chi connectivity index (χ1n) is 8.29. The van der Waals surface area contributed by atoms with Gasteiger partial charge in [0.1, 0.15) is 0 Å². The van der Waals surface area contributed by atoms with E-state index in [1.807, 2.05) is 0 Å². The van der Waals surface area contributed by atoms with Crippen molar-refractivity contribution in [1.29, 1.82) is 0 Å². The van der Waals surface area contributed by atoms with Crippen molar-refractivity contribution in [2.24, 2.45) is 5.92 Å². The topological polar surface area (TPSA) is 15.7 Å². The maximum atomic E-state index is 6.10. The molecule has 118 valence electrons. The lowest BCUT2D eigenvalue weighted by atomic mass is 9.91. The normalized spacial score (nSPS) is 24.9. The molecule has 0 aromatic carbocycles. The van der Waals surface area contributed by atoms with Crippen molar-refractivity contribution in [3.05, 3.63) is 0 Å². The van der Waals surface area contributed by atoms with Crippen molar-refractivity contribution >= 4 is 0 Å². The van der Waals surface area contributed by atoms with Crippen molar-refractivity contribution in [3.63, 3.8) is 0 Å². The Morgan fingerprint density at radius 3 is 1.95 bits per heavy atom. The monoisotopic (exact) mass is 282 g/mol. The molecule has 20 heavy (non-hydrogen) atoms. The molecule has 0 radical (unpaired) electrons. The quantitative estimate of drug-likeness (QED) is 0.791. The standard InChI is InChI=1S/C17H34N2O/c1-16(2,3)19-12-14(13-19)11-18-9-7-15(8-10-18)20-17(4,5)6/h14-15H,7-13H2,1-6H3. The van der Waals surface area contributed by atoms with E-state index >= 15 is 0 Å². The van der Waals surface area contributed by atoms with Gasteiger partial charge in [-0.3, -0.25) is 4.90 Å². The second-order valence-electron chi connectivity index (χ2n) is 8.67. The smallest absolute Gasteiger partial charge is 0.0606 e. The lowest BCUT2D eigenvalue weighted by Gasteiger charge is -2.49. The third-order valence-electron chi connectivity index (χ3n) is 4.48. The molecule has 0 aliphatic carbocycles. The van der Waals surface area contributed by atoms with E-state index in [1.54, 1.807) is 0 Å². The van der Waals surface area contributed by atoms with Crippen LogP contribution in [0.15, 0.2) is 0 Å². The first kappa shape index (κ1) is 16.3. The molecule has 0 N–H and O–H groups in total. The molecule has 2 saturated heterocycles. The molecule has 0 spiro atoms. The van der Waals surface area contributed by atoms with E-state index in [2.05, 4.69) is 51.3 Å². The highest BCUT2D eigenvalue weighted by Gasteiger charge is 2.35. The Kier molecular flexibility index (Phi) is 4.83. The van der Waals surface area contributed by atoms with Gasteiger partial charge in [-0.2, -0.15) is 0 Å². The molecule has 2 rings (SSSR count). The summed E-state index contributed by atoms with van der Waals surface area (Å²) in [6, 6.07) is 0. The molecule has 0 unspecified atom stereocenters. The van der Waals surface area contributed by atoms with Crippen molar-refractivity contribution in [2.45, 2.75) is 71.6 Å². The summed E-state index contributed by atoms with van der Waals surface area (Å²) >= 11 is 0. The molecule has 2 aliphatic heterocycles. The summed E-state index contributed by atoms with van der Waals surface area (Å²) in [7, 11) is 0. The Labute approximate surface area is 125 Å². The second kappa shape index (κ2) is 5.94. The second-order valence-corrected chi connectivity index (χ2v) is 8.67.